The normalized spacial score (nSPS) is 11.4. The van der Waals surface area contributed by atoms with Crippen LogP contribution in [0.2, 0.25) is 0 Å². The molecular formula is C51H36N4O. The third kappa shape index (κ3) is 5.44. The molecule has 0 saturated carbocycles. The number of furan rings is 1. The van der Waals surface area contributed by atoms with Crippen LogP contribution in [0.1, 0.15) is 13.8 Å². The topological polar surface area (TPSA) is 56.7 Å². The molecule has 8 aromatic carbocycles. The zero-order valence-electron chi connectivity index (χ0n) is 31.0. The summed E-state index contributed by atoms with van der Waals surface area (Å²) in [6.07, 6.45) is 0. The first kappa shape index (κ1) is 33.2. The van der Waals surface area contributed by atoms with E-state index in [1.807, 2.05) is 62.4 Å². The molecule has 0 saturated heterocycles. The average Bonchev–Trinajstić information content (AvgIpc) is 3.84. The maximum atomic E-state index is 6.48. The van der Waals surface area contributed by atoms with E-state index in [1.165, 1.54) is 0 Å². The van der Waals surface area contributed by atoms with E-state index < -0.39 is 0 Å². The van der Waals surface area contributed by atoms with Crippen molar-refractivity contribution in [2.75, 3.05) is 0 Å². The van der Waals surface area contributed by atoms with Gasteiger partial charge >= 0.3 is 0 Å². The molecule has 0 amide bonds. The quantitative estimate of drug-likeness (QED) is 0.178. The van der Waals surface area contributed by atoms with Crippen molar-refractivity contribution < 1.29 is 4.42 Å². The molecule has 3 aromatic heterocycles. The summed E-state index contributed by atoms with van der Waals surface area (Å²) in [5.41, 5.74) is 10.0. The second kappa shape index (κ2) is 13.8. The number of hydrogen-bond acceptors (Lipinski definition) is 4. The molecule has 0 N–H and O–H groups in total. The molecule has 5 nitrogen and oxygen atoms in total. The summed E-state index contributed by atoms with van der Waals surface area (Å²) in [4.78, 5) is 15.6. The first-order chi connectivity index (χ1) is 27.8. The summed E-state index contributed by atoms with van der Waals surface area (Å²) in [6.45, 7) is 4.00. The smallest absolute Gasteiger partial charge is 0.238 e. The fourth-order valence-corrected chi connectivity index (χ4v) is 7.99. The second-order valence-electron chi connectivity index (χ2n) is 13.6. The van der Waals surface area contributed by atoms with Gasteiger partial charge in [-0.15, -0.1) is 0 Å². The van der Waals surface area contributed by atoms with Gasteiger partial charge in [0.1, 0.15) is 11.2 Å². The summed E-state index contributed by atoms with van der Waals surface area (Å²) >= 11 is 0. The molecule has 0 unspecified atom stereocenters. The van der Waals surface area contributed by atoms with Crippen LogP contribution in [-0.4, -0.2) is 19.5 Å². The standard InChI is InChI=1S/C49H30N4O.C2H6/c1-3-15-32(16-4-1)47-50-48(33-17-5-2-6-18-33)52-49(51-47)53-44-36-21-8-7-14-31(36)28-29-41(44)40-25-12-23-37(45(40)53)34-19-11-20-35(30-34)38-24-13-26-42-39-22-9-10-27-43(39)54-46(38)42;1-2/h1-30H;1-2H3. The second-order valence-corrected chi connectivity index (χ2v) is 13.6. The zero-order valence-corrected chi connectivity index (χ0v) is 31.0. The Morgan fingerprint density at radius 3 is 1.66 bits per heavy atom. The molecule has 0 atom stereocenters. The van der Waals surface area contributed by atoms with E-state index in [-0.39, 0.29) is 0 Å². The molecule has 11 aromatic rings. The molecule has 5 heteroatoms. The van der Waals surface area contributed by atoms with Gasteiger partial charge in [-0.1, -0.05) is 184 Å². The maximum absolute atomic E-state index is 6.48. The van der Waals surface area contributed by atoms with Crippen LogP contribution in [0, 0.1) is 0 Å². The number of benzene rings is 8. The third-order valence-electron chi connectivity index (χ3n) is 10.5. The molecule has 0 fully saturated rings. The van der Waals surface area contributed by atoms with Crippen molar-refractivity contribution in [3.63, 3.8) is 0 Å². The molecule has 0 bridgehead atoms. The Kier molecular flexibility index (Phi) is 8.19. The molecule has 0 radical (unpaired) electrons. The van der Waals surface area contributed by atoms with Crippen LogP contribution in [0.4, 0.5) is 0 Å². The van der Waals surface area contributed by atoms with Crippen molar-refractivity contribution in [1.29, 1.82) is 0 Å². The van der Waals surface area contributed by atoms with Crippen molar-refractivity contribution in [3.05, 3.63) is 182 Å². The highest BCUT2D eigenvalue weighted by Gasteiger charge is 2.22. The van der Waals surface area contributed by atoms with Crippen LogP contribution in [0.3, 0.4) is 0 Å². The van der Waals surface area contributed by atoms with Crippen LogP contribution in [0.25, 0.3) is 105 Å². The van der Waals surface area contributed by atoms with Gasteiger partial charge in [-0.05, 0) is 28.6 Å². The van der Waals surface area contributed by atoms with Crippen molar-refractivity contribution >= 4 is 54.5 Å². The monoisotopic (exact) mass is 720 g/mol. The van der Waals surface area contributed by atoms with E-state index in [9.17, 15) is 0 Å². The minimum atomic E-state index is 0.565. The van der Waals surface area contributed by atoms with Gasteiger partial charge in [0.15, 0.2) is 11.6 Å². The molecule has 266 valence electrons. The zero-order chi connectivity index (χ0) is 37.6. The number of para-hydroxylation sites is 3. The van der Waals surface area contributed by atoms with E-state index in [0.717, 1.165) is 87.9 Å². The largest absolute Gasteiger partial charge is 0.455 e. The van der Waals surface area contributed by atoms with E-state index in [4.69, 9.17) is 19.4 Å². The Hall–Kier alpha value is -7.37. The van der Waals surface area contributed by atoms with E-state index >= 15 is 0 Å². The molecule has 0 aliphatic heterocycles. The van der Waals surface area contributed by atoms with Crippen molar-refractivity contribution in [2.24, 2.45) is 0 Å². The summed E-state index contributed by atoms with van der Waals surface area (Å²) < 4.78 is 8.74. The number of rotatable bonds is 5. The molecule has 0 spiro atoms. The highest BCUT2D eigenvalue weighted by atomic mass is 16.3. The molecule has 0 aliphatic rings. The molecule has 0 aliphatic carbocycles. The van der Waals surface area contributed by atoms with E-state index in [1.54, 1.807) is 0 Å². The maximum Gasteiger partial charge on any atom is 0.238 e. The van der Waals surface area contributed by atoms with Gasteiger partial charge < -0.3 is 4.42 Å². The molecule has 11 rings (SSSR count). The minimum absolute atomic E-state index is 0.565. The summed E-state index contributed by atoms with van der Waals surface area (Å²) in [6, 6.07) is 63.3. The van der Waals surface area contributed by atoms with Gasteiger partial charge in [0.2, 0.25) is 5.95 Å². The van der Waals surface area contributed by atoms with Gasteiger partial charge in [0.25, 0.3) is 0 Å². The molecule has 56 heavy (non-hydrogen) atoms. The highest BCUT2D eigenvalue weighted by Crippen LogP contribution is 2.42. The van der Waals surface area contributed by atoms with Gasteiger partial charge in [-0.2, -0.15) is 9.97 Å². The number of nitrogens with zero attached hydrogens (tertiary/aromatic N) is 4. The Labute approximate surface area is 324 Å². The lowest BCUT2D eigenvalue weighted by molar-refractivity contribution is 0.670. The third-order valence-corrected chi connectivity index (χ3v) is 10.5. The van der Waals surface area contributed by atoms with Crippen LogP contribution in [0.5, 0.6) is 0 Å². The van der Waals surface area contributed by atoms with E-state index in [0.29, 0.717) is 17.6 Å². The van der Waals surface area contributed by atoms with Crippen LogP contribution in [-0.2, 0) is 0 Å². The summed E-state index contributed by atoms with van der Waals surface area (Å²) in [7, 11) is 0. The van der Waals surface area contributed by atoms with Gasteiger partial charge in [0, 0.05) is 49.2 Å². The average molecular weight is 721 g/mol. The van der Waals surface area contributed by atoms with Crippen molar-refractivity contribution in [1.82, 2.24) is 19.5 Å². The first-order valence-corrected chi connectivity index (χ1v) is 19.1. The van der Waals surface area contributed by atoms with E-state index in [2.05, 4.69) is 138 Å². The number of hydrogen-bond donors (Lipinski definition) is 0. The lowest BCUT2D eigenvalue weighted by atomic mass is 9.96. The number of fused-ring (bicyclic) bond motifs is 8. The highest BCUT2D eigenvalue weighted by molar-refractivity contribution is 6.21. The Morgan fingerprint density at radius 1 is 0.393 bits per heavy atom. The summed E-state index contributed by atoms with van der Waals surface area (Å²) in [5.74, 6) is 1.80. The van der Waals surface area contributed by atoms with Gasteiger partial charge in [0.05, 0.1) is 11.0 Å². The van der Waals surface area contributed by atoms with Gasteiger partial charge in [-0.3, -0.25) is 4.57 Å². The predicted molar refractivity (Wildman–Crippen MR) is 232 cm³/mol. The van der Waals surface area contributed by atoms with Crippen LogP contribution < -0.4 is 0 Å². The lowest BCUT2D eigenvalue weighted by Crippen LogP contribution is -2.07. The fraction of sp³-hybridized carbons (Fsp3) is 0.0392. The minimum Gasteiger partial charge on any atom is -0.455 e. The SMILES string of the molecule is CC.c1ccc(-c2nc(-c3ccccc3)nc(-n3c4c(-c5cccc(-c6cccc7c6oc6ccccc67)c5)cccc4c4ccc5ccccc5c43)n2)cc1. The van der Waals surface area contributed by atoms with Crippen molar-refractivity contribution in [2.45, 2.75) is 13.8 Å². The number of aromatic nitrogens is 4. The van der Waals surface area contributed by atoms with Gasteiger partial charge in [-0.25, -0.2) is 4.98 Å². The summed E-state index contributed by atoms with van der Waals surface area (Å²) in [5, 5.41) is 6.77. The van der Waals surface area contributed by atoms with Crippen molar-refractivity contribution in [3.8, 4) is 51.0 Å². The fourth-order valence-electron chi connectivity index (χ4n) is 7.99. The first-order valence-electron chi connectivity index (χ1n) is 19.1. The molecule has 3 heterocycles. The lowest BCUT2D eigenvalue weighted by Gasteiger charge is -2.14. The predicted octanol–water partition coefficient (Wildman–Crippen LogP) is 13.7. The Balaban J connectivity index is 0.00000189. The van der Waals surface area contributed by atoms with Crippen LogP contribution in [0.15, 0.2) is 186 Å². The molecular weight excluding hydrogens is 685 g/mol. The van der Waals surface area contributed by atoms with Crippen LogP contribution >= 0.6 is 0 Å². The Morgan fingerprint density at radius 2 is 0.929 bits per heavy atom. The Bertz CT molecular complexity index is 3160.